The summed E-state index contributed by atoms with van der Waals surface area (Å²) in [5.41, 5.74) is 1.60. The number of rotatable bonds is 5. The van der Waals surface area contributed by atoms with Crippen molar-refractivity contribution in [3.8, 4) is 11.3 Å². The Morgan fingerprint density at radius 3 is 2.71 bits per heavy atom. The second-order valence-corrected chi connectivity index (χ2v) is 6.83. The third-order valence-electron chi connectivity index (χ3n) is 4.83. The van der Waals surface area contributed by atoms with Crippen LogP contribution in [0.5, 0.6) is 0 Å². The largest absolute Gasteiger partial charge is 0.481 e. The van der Waals surface area contributed by atoms with Crippen molar-refractivity contribution in [2.24, 2.45) is 5.92 Å². The summed E-state index contributed by atoms with van der Waals surface area (Å²) in [6.07, 6.45) is 4.03. The number of aromatic nitrogens is 2. The van der Waals surface area contributed by atoms with Crippen molar-refractivity contribution < 1.29 is 19.5 Å². The first-order chi connectivity index (χ1) is 13.5. The SMILES string of the molecule is CN(CC(=O)N1CCCC(C(=O)O)C1)C(=O)c1cncnc1-c1ccccc1. The van der Waals surface area contributed by atoms with Gasteiger partial charge in [0.2, 0.25) is 5.91 Å². The molecular weight excluding hydrogens is 360 g/mol. The number of carboxylic acids is 1. The number of carboxylic acid groups (broad SMARTS) is 1. The minimum absolute atomic E-state index is 0.131. The number of carbonyl (C=O) groups is 3. The molecule has 8 heteroatoms. The third kappa shape index (κ3) is 4.33. The molecular formula is C20H22N4O4. The summed E-state index contributed by atoms with van der Waals surface area (Å²) >= 11 is 0. The lowest BCUT2D eigenvalue weighted by Crippen LogP contribution is -2.47. The zero-order chi connectivity index (χ0) is 20.1. The molecule has 28 heavy (non-hydrogen) atoms. The van der Waals surface area contributed by atoms with E-state index in [-0.39, 0.29) is 24.9 Å². The number of likely N-dealkylation sites (N-methyl/N-ethyl adjacent to an activating group) is 1. The molecule has 1 aromatic carbocycles. The summed E-state index contributed by atoms with van der Waals surface area (Å²) in [5, 5.41) is 9.18. The zero-order valence-electron chi connectivity index (χ0n) is 15.6. The standard InChI is InChI=1S/C20H22N4O4/c1-23(12-17(25)24-9-5-8-15(11-24)20(27)28)19(26)16-10-21-13-22-18(16)14-6-3-2-4-7-14/h2-4,6-7,10,13,15H,5,8-9,11-12H2,1H3,(H,27,28). The van der Waals surface area contributed by atoms with Gasteiger partial charge in [-0.3, -0.25) is 14.4 Å². The predicted molar refractivity (Wildman–Crippen MR) is 101 cm³/mol. The number of hydrogen-bond donors (Lipinski definition) is 1. The van der Waals surface area contributed by atoms with Gasteiger partial charge in [0.25, 0.3) is 5.91 Å². The highest BCUT2D eigenvalue weighted by molar-refractivity contribution is 6.00. The first-order valence-corrected chi connectivity index (χ1v) is 9.09. The van der Waals surface area contributed by atoms with E-state index in [9.17, 15) is 19.5 Å². The van der Waals surface area contributed by atoms with Crippen LogP contribution in [0, 0.1) is 5.92 Å². The van der Waals surface area contributed by atoms with Crippen LogP contribution in [-0.2, 0) is 9.59 Å². The third-order valence-corrected chi connectivity index (χ3v) is 4.83. The lowest BCUT2D eigenvalue weighted by molar-refractivity contribution is -0.145. The Labute approximate surface area is 162 Å². The molecule has 8 nitrogen and oxygen atoms in total. The van der Waals surface area contributed by atoms with Gasteiger partial charge in [0.05, 0.1) is 23.7 Å². The van der Waals surface area contributed by atoms with Gasteiger partial charge in [-0.05, 0) is 12.8 Å². The molecule has 0 saturated carbocycles. The second-order valence-electron chi connectivity index (χ2n) is 6.83. The van der Waals surface area contributed by atoms with Gasteiger partial charge in [-0.25, -0.2) is 9.97 Å². The van der Waals surface area contributed by atoms with Crippen molar-refractivity contribution in [2.75, 3.05) is 26.7 Å². The van der Waals surface area contributed by atoms with E-state index in [4.69, 9.17) is 0 Å². The Morgan fingerprint density at radius 2 is 2.00 bits per heavy atom. The molecule has 146 valence electrons. The molecule has 1 aromatic heterocycles. The smallest absolute Gasteiger partial charge is 0.308 e. The predicted octanol–water partition coefficient (Wildman–Crippen LogP) is 1.54. The number of nitrogens with zero attached hydrogens (tertiary/aromatic N) is 4. The summed E-state index contributed by atoms with van der Waals surface area (Å²) in [4.78, 5) is 47.7. The van der Waals surface area contributed by atoms with Crippen molar-refractivity contribution in [3.63, 3.8) is 0 Å². The molecule has 2 amide bonds. The van der Waals surface area contributed by atoms with E-state index < -0.39 is 11.9 Å². The maximum atomic E-state index is 12.9. The molecule has 0 radical (unpaired) electrons. The number of hydrogen-bond acceptors (Lipinski definition) is 5. The van der Waals surface area contributed by atoms with Crippen LogP contribution in [-0.4, -0.2) is 69.3 Å². The first kappa shape index (κ1) is 19.5. The van der Waals surface area contributed by atoms with Gasteiger partial charge in [0, 0.05) is 31.9 Å². The van der Waals surface area contributed by atoms with E-state index in [1.165, 1.54) is 22.3 Å². The van der Waals surface area contributed by atoms with Crippen LogP contribution < -0.4 is 0 Å². The van der Waals surface area contributed by atoms with Gasteiger partial charge < -0.3 is 14.9 Å². The Hall–Kier alpha value is -3.29. The fraction of sp³-hybridized carbons (Fsp3) is 0.350. The normalized spacial score (nSPS) is 16.5. The Kier molecular flexibility index (Phi) is 5.98. The highest BCUT2D eigenvalue weighted by Gasteiger charge is 2.29. The Balaban J connectivity index is 1.72. The van der Waals surface area contributed by atoms with Gasteiger partial charge >= 0.3 is 5.97 Å². The molecule has 0 spiro atoms. The maximum Gasteiger partial charge on any atom is 0.308 e. The number of aliphatic carboxylic acids is 1. The van der Waals surface area contributed by atoms with E-state index in [0.717, 1.165) is 5.56 Å². The van der Waals surface area contributed by atoms with Crippen LogP contribution >= 0.6 is 0 Å². The molecule has 3 rings (SSSR count). The molecule has 2 heterocycles. The van der Waals surface area contributed by atoms with Gasteiger partial charge in [-0.1, -0.05) is 30.3 Å². The topological polar surface area (TPSA) is 104 Å². The van der Waals surface area contributed by atoms with Crippen molar-refractivity contribution in [3.05, 3.63) is 48.4 Å². The molecule has 1 unspecified atom stereocenters. The average Bonchev–Trinajstić information content (AvgIpc) is 2.73. The van der Waals surface area contributed by atoms with Crippen molar-refractivity contribution in [1.82, 2.24) is 19.8 Å². The van der Waals surface area contributed by atoms with E-state index >= 15 is 0 Å². The highest BCUT2D eigenvalue weighted by atomic mass is 16.4. The Morgan fingerprint density at radius 1 is 1.25 bits per heavy atom. The van der Waals surface area contributed by atoms with E-state index in [2.05, 4.69) is 9.97 Å². The van der Waals surface area contributed by atoms with E-state index in [1.807, 2.05) is 30.3 Å². The van der Waals surface area contributed by atoms with E-state index in [1.54, 1.807) is 7.05 Å². The lowest BCUT2D eigenvalue weighted by atomic mass is 9.98. The van der Waals surface area contributed by atoms with Gasteiger partial charge in [-0.15, -0.1) is 0 Å². The molecule has 1 aliphatic rings. The molecule has 1 N–H and O–H groups in total. The van der Waals surface area contributed by atoms with Crippen molar-refractivity contribution in [2.45, 2.75) is 12.8 Å². The molecule has 0 aliphatic carbocycles. The van der Waals surface area contributed by atoms with E-state index in [0.29, 0.717) is 30.6 Å². The number of benzene rings is 1. The fourth-order valence-electron chi connectivity index (χ4n) is 3.30. The molecule has 1 atom stereocenters. The molecule has 1 saturated heterocycles. The van der Waals surface area contributed by atoms with Gasteiger partial charge in [0.15, 0.2) is 0 Å². The number of piperidine rings is 1. The van der Waals surface area contributed by atoms with Crippen molar-refractivity contribution in [1.29, 1.82) is 0 Å². The van der Waals surface area contributed by atoms with Crippen LogP contribution in [0.2, 0.25) is 0 Å². The van der Waals surface area contributed by atoms with Crippen LogP contribution in [0.15, 0.2) is 42.9 Å². The zero-order valence-corrected chi connectivity index (χ0v) is 15.6. The quantitative estimate of drug-likeness (QED) is 0.841. The van der Waals surface area contributed by atoms with Gasteiger partial charge in [0.1, 0.15) is 6.33 Å². The molecule has 2 aromatic rings. The van der Waals surface area contributed by atoms with Crippen LogP contribution in [0.3, 0.4) is 0 Å². The second kappa shape index (κ2) is 8.60. The monoisotopic (exact) mass is 382 g/mol. The minimum atomic E-state index is -0.893. The van der Waals surface area contributed by atoms with Crippen LogP contribution in [0.1, 0.15) is 23.2 Å². The summed E-state index contributed by atoms with van der Waals surface area (Å²) in [7, 11) is 1.54. The van der Waals surface area contributed by atoms with Crippen LogP contribution in [0.25, 0.3) is 11.3 Å². The maximum absolute atomic E-state index is 12.9. The lowest BCUT2D eigenvalue weighted by Gasteiger charge is -2.32. The Bertz CT molecular complexity index is 872. The summed E-state index contributed by atoms with van der Waals surface area (Å²) < 4.78 is 0. The minimum Gasteiger partial charge on any atom is -0.481 e. The molecule has 1 fully saturated rings. The summed E-state index contributed by atoms with van der Waals surface area (Å²) in [6, 6.07) is 9.29. The van der Waals surface area contributed by atoms with Gasteiger partial charge in [-0.2, -0.15) is 0 Å². The average molecular weight is 382 g/mol. The molecule has 0 bridgehead atoms. The number of carbonyl (C=O) groups excluding carboxylic acids is 2. The number of likely N-dealkylation sites (tertiary alicyclic amines) is 1. The van der Waals surface area contributed by atoms with Crippen molar-refractivity contribution >= 4 is 17.8 Å². The molecule has 1 aliphatic heterocycles. The summed E-state index contributed by atoms with van der Waals surface area (Å²) in [6.45, 7) is 0.558. The first-order valence-electron chi connectivity index (χ1n) is 9.09. The fourth-order valence-corrected chi connectivity index (χ4v) is 3.30. The summed E-state index contributed by atoms with van der Waals surface area (Å²) in [5.74, 6) is -2.07. The number of amides is 2. The van der Waals surface area contributed by atoms with Crippen LogP contribution in [0.4, 0.5) is 0 Å². The highest BCUT2D eigenvalue weighted by Crippen LogP contribution is 2.21.